The number of allylic oxidation sites excluding steroid dienone is 5. The second-order valence-electron chi connectivity index (χ2n) is 12.6. The first-order chi connectivity index (χ1) is 20.1. The third-order valence-electron chi connectivity index (χ3n) is 9.86. The molecule has 2 atom stereocenters. The molecule has 0 bridgehead atoms. The first kappa shape index (κ1) is 24.5. The molecule has 2 nitrogen and oxygen atoms in total. The lowest BCUT2D eigenvalue weighted by Crippen LogP contribution is -2.24. The highest BCUT2D eigenvalue weighted by Crippen LogP contribution is 2.54. The van der Waals surface area contributed by atoms with Crippen molar-refractivity contribution in [2.24, 2.45) is 5.92 Å². The van der Waals surface area contributed by atoms with E-state index < -0.39 is 0 Å². The zero-order chi connectivity index (χ0) is 27.6. The lowest BCUT2D eigenvalue weighted by atomic mass is 9.73. The average molecular weight is 533 g/mol. The Morgan fingerprint density at radius 2 is 1.63 bits per heavy atom. The summed E-state index contributed by atoms with van der Waals surface area (Å²) in [5.41, 5.74) is 12.2. The van der Waals surface area contributed by atoms with Crippen molar-refractivity contribution in [3.63, 3.8) is 0 Å². The number of rotatable bonds is 4. The van der Waals surface area contributed by atoms with Crippen LogP contribution in [-0.2, 0) is 5.41 Å². The zero-order valence-corrected chi connectivity index (χ0v) is 23.9. The fraction of sp³-hybridized carbons (Fsp3) is 0.231. The van der Waals surface area contributed by atoms with Crippen LogP contribution in [0.25, 0.3) is 33.1 Å². The number of nitrogens with one attached hydrogen (secondary N) is 1. The van der Waals surface area contributed by atoms with Crippen LogP contribution in [-0.4, -0.2) is 4.57 Å². The van der Waals surface area contributed by atoms with Gasteiger partial charge in [0.2, 0.25) is 0 Å². The molecule has 1 aromatic heterocycles. The molecule has 2 heteroatoms. The van der Waals surface area contributed by atoms with Gasteiger partial charge in [-0.25, -0.2) is 0 Å². The van der Waals surface area contributed by atoms with Crippen molar-refractivity contribution in [1.29, 1.82) is 0 Å². The molecule has 0 spiro atoms. The SMILES string of the molecule is CC1(C)c2cc(NC3=CCC(c4ccc5c(c4)c4ccccc4n5-c4ccccc4)C=C3)ccc2C2=CCCCC21. The van der Waals surface area contributed by atoms with Crippen molar-refractivity contribution >= 4 is 33.1 Å². The summed E-state index contributed by atoms with van der Waals surface area (Å²) in [5.74, 6) is 1.04. The van der Waals surface area contributed by atoms with Crippen molar-refractivity contribution in [3.8, 4) is 5.69 Å². The third kappa shape index (κ3) is 3.92. The van der Waals surface area contributed by atoms with Crippen molar-refractivity contribution in [1.82, 2.24) is 4.57 Å². The summed E-state index contributed by atoms with van der Waals surface area (Å²) in [5, 5.41) is 6.35. The van der Waals surface area contributed by atoms with E-state index in [1.165, 1.54) is 74.8 Å². The molecule has 8 rings (SSSR count). The minimum Gasteiger partial charge on any atom is -0.356 e. The smallest absolute Gasteiger partial charge is 0.0541 e. The van der Waals surface area contributed by atoms with Crippen LogP contribution < -0.4 is 5.32 Å². The molecule has 0 aliphatic heterocycles. The number of hydrogen-bond acceptors (Lipinski definition) is 1. The molecule has 2 unspecified atom stereocenters. The van der Waals surface area contributed by atoms with Crippen LogP contribution in [0.5, 0.6) is 0 Å². The standard InChI is InChI=1S/C39H36N2/c1-39(2)35-14-8-6-12-31(35)32-22-21-29(25-36(32)39)40-28-19-16-26(17-20-28)27-18-23-38-34(24-27)33-13-7-9-15-37(33)41(38)30-10-4-3-5-11-30/h3-5,7,9-13,15-16,18-26,35,40H,6,8,14,17H2,1-2H3. The average Bonchev–Trinajstić information content (AvgIpc) is 3.46. The molecule has 1 heterocycles. The monoisotopic (exact) mass is 532 g/mol. The van der Waals surface area contributed by atoms with Crippen LogP contribution in [0.15, 0.2) is 121 Å². The molecule has 0 fully saturated rings. The Morgan fingerprint density at radius 1 is 0.805 bits per heavy atom. The highest BCUT2D eigenvalue weighted by molar-refractivity contribution is 6.09. The Hall–Kier alpha value is -4.30. The van der Waals surface area contributed by atoms with E-state index in [4.69, 9.17) is 0 Å². The van der Waals surface area contributed by atoms with Crippen molar-refractivity contribution in [3.05, 3.63) is 138 Å². The van der Waals surface area contributed by atoms with Gasteiger partial charge < -0.3 is 9.88 Å². The molecule has 1 N–H and O–H groups in total. The van der Waals surface area contributed by atoms with Gasteiger partial charge in [-0.05, 0) is 108 Å². The van der Waals surface area contributed by atoms with E-state index in [-0.39, 0.29) is 5.41 Å². The molecule has 0 saturated heterocycles. The molecule has 3 aliphatic carbocycles. The molecule has 202 valence electrons. The van der Waals surface area contributed by atoms with Gasteiger partial charge in [0, 0.05) is 33.8 Å². The summed E-state index contributed by atoms with van der Waals surface area (Å²) in [6, 6.07) is 33.5. The van der Waals surface area contributed by atoms with E-state index in [1.807, 2.05) is 0 Å². The second-order valence-corrected chi connectivity index (χ2v) is 12.6. The number of para-hydroxylation sites is 2. The molecular formula is C39H36N2. The fourth-order valence-corrected chi connectivity index (χ4v) is 7.72. The highest BCUT2D eigenvalue weighted by Gasteiger charge is 2.43. The number of anilines is 1. The predicted molar refractivity (Wildman–Crippen MR) is 174 cm³/mol. The maximum atomic E-state index is 3.73. The van der Waals surface area contributed by atoms with Gasteiger partial charge in [0.05, 0.1) is 11.0 Å². The summed E-state index contributed by atoms with van der Waals surface area (Å²) in [6.07, 6.45) is 14.3. The minimum absolute atomic E-state index is 0.198. The van der Waals surface area contributed by atoms with E-state index in [0.717, 1.165) is 6.42 Å². The summed E-state index contributed by atoms with van der Waals surface area (Å²) in [7, 11) is 0. The lowest BCUT2D eigenvalue weighted by Gasteiger charge is -2.31. The van der Waals surface area contributed by atoms with Gasteiger partial charge in [-0.1, -0.05) is 80.6 Å². The normalized spacial score (nSPS) is 20.9. The van der Waals surface area contributed by atoms with Gasteiger partial charge in [0.1, 0.15) is 0 Å². The van der Waals surface area contributed by atoms with Crippen LogP contribution in [0.1, 0.15) is 62.1 Å². The van der Waals surface area contributed by atoms with Crippen LogP contribution in [0, 0.1) is 5.92 Å². The lowest BCUT2D eigenvalue weighted by molar-refractivity contribution is 0.376. The Balaban J connectivity index is 1.06. The van der Waals surface area contributed by atoms with E-state index in [1.54, 1.807) is 5.57 Å². The third-order valence-corrected chi connectivity index (χ3v) is 9.86. The Labute approximate surface area is 242 Å². The van der Waals surface area contributed by atoms with Crippen LogP contribution >= 0.6 is 0 Å². The van der Waals surface area contributed by atoms with E-state index in [9.17, 15) is 0 Å². The van der Waals surface area contributed by atoms with E-state index >= 15 is 0 Å². The Kier molecular flexibility index (Phi) is 5.60. The molecule has 0 amide bonds. The van der Waals surface area contributed by atoms with Crippen molar-refractivity contribution in [2.75, 3.05) is 5.32 Å². The number of fused-ring (bicyclic) bond motifs is 6. The van der Waals surface area contributed by atoms with Crippen molar-refractivity contribution in [2.45, 2.75) is 50.9 Å². The minimum atomic E-state index is 0.198. The number of benzene rings is 4. The summed E-state index contributed by atoms with van der Waals surface area (Å²) < 4.78 is 2.39. The highest BCUT2D eigenvalue weighted by atomic mass is 15.0. The second kappa shape index (κ2) is 9.38. The van der Waals surface area contributed by atoms with Crippen molar-refractivity contribution < 1.29 is 0 Å². The quantitative estimate of drug-likeness (QED) is 0.244. The maximum Gasteiger partial charge on any atom is 0.0541 e. The van der Waals surface area contributed by atoms with Gasteiger partial charge in [-0.2, -0.15) is 0 Å². The van der Waals surface area contributed by atoms with Gasteiger partial charge in [0.25, 0.3) is 0 Å². The summed E-state index contributed by atoms with van der Waals surface area (Å²) in [4.78, 5) is 0. The summed E-state index contributed by atoms with van der Waals surface area (Å²) >= 11 is 0. The van der Waals surface area contributed by atoms with Gasteiger partial charge in [0.15, 0.2) is 0 Å². The molecule has 5 aromatic rings. The molecule has 3 aliphatic rings. The molecule has 41 heavy (non-hydrogen) atoms. The maximum absolute atomic E-state index is 3.73. The number of aromatic nitrogens is 1. The van der Waals surface area contributed by atoms with Gasteiger partial charge in [-0.3, -0.25) is 0 Å². The Morgan fingerprint density at radius 3 is 2.49 bits per heavy atom. The molecule has 0 saturated carbocycles. The van der Waals surface area contributed by atoms with E-state index in [0.29, 0.717) is 11.8 Å². The number of nitrogens with zero attached hydrogens (tertiary/aromatic N) is 1. The summed E-state index contributed by atoms with van der Waals surface area (Å²) in [6.45, 7) is 4.87. The largest absolute Gasteiger partial charge is 0.356 e. The topological polar surface area (TPSA) is 17.0 Å². The van der Waals surface area contributed by atoms with Crippen LogP contribution in [0.2, 0.25) is 0 Å². The van der Waals surface area contributed by atoms with Crippen LogP contribution in [0.4, 0.5) is 5.69 Å². The first-order valence-electron chi connectivity index (χ1n) is 15.2. The molecule has 0 radical (unpaired) electrons. The first-order valence-corrected chi connectivity index (χ1v) is 15.2. The molecule has 4 aromatic carbocycles. The zero-order valence-electron chi connectivity index (χ0n) is 23.9. The van der Waals surface area contributed by atoms with Crippen LogP contribution in [0.3, 0.4) is 0 Å². The van der Waals surface area contributed by atoms with Gasteiger partial charge in [-0.15, -0.1) is 0 Å². The fourth-order valence-electron chi connectivity index (χ4n) is 7.72. The van der Waals surface area contributed by atoms with Gasteiger partial charge >= 0.3 is 0 Å². The Bertz CT molecular complexity index is 1900. The predicted octanol–water partition coefficient (Wildman–Crippen LogP) is 10.3. The number of hydrogen-bond donors (Lipinski definition) is 1. The molecular weight excluding hydrogens is 496 g/mol. The van der Waals surface area contributed by atoms with E-state index in [2.05, 4.69) is 139 Å².